The third kappa shape index (κ3) is 3.46. The number of urea groups is 1. The number of hydrogen-bond donors (Lipinski definition) is 1. The molecule has 2 fully saturated rings. The average molecular weight is 444 g/mol. The van der Waals surface area contributed by atoms with Crippen molar-refractivity contribution in [1.29, 1.82) is 5.26 Å². The molecule has 1 aliphatic carbocycles. The standard InChI is InChI=1S/C25H21FN4O3/c1-33-16-7-6-14(11-27)18(8-16)19-10-22-20(9-21(19)26)24(31)30(25(32)29-22)23-13-28-12-15-4-2-3-5-17(15)23/h2-8,12-13,19-22H,9-10H2,1H3,(H,29,32). The van der Waals surface area contributed by atoms with Gasteiger partial charge in [0, 0.05) is 28.9 Å². The van der Waals surface area contributed by atoms with Crippen LogP contribution < -0.4 is 15.0 Å². The van der Waals surface area contributed by atoms with Crippen LogP contribution in [0.4, 0.5) is 14.9 Å². The highest BCUT2D eigenvalue weighted by molar-refractivity contribution is 6.20. The van der Waals surface area contributed by atoms with Gasteiger partial charge < -0.3 is 10.1 Å². The number of nitrogens with one attached hydrogen (secondary N) is 1. The number of benzene rings is 2. The maximum Gasteiger partial charge on any atom is 0.329 e. The monoisotopic (exact) mass is 444 g/mol. The Balaban J connectivity index is 1.47. The van der Waals surface area contributed by atoms with Gasteiger partial charge in [0.15, 0.2) is 0 Å². The summed E-state index contributed by atoms with van der Waals surface area (Å²) in [5.41, 5.74) is 1.27. The minimum Gasteiger partial charge on any atom is -0.497 e. The second kappa shape index (κ2) is 8.17. The fourth-order valence-electron chi connectivity index (χ4n) is 4.98. The van der Waals surface area contributed by atoms with Crippen LogP contribution in [0.15, 0.2) is 54.9 Å². The lowest BCUT2D eigenvalue weighted by molar-refractivity contribution is -0.125. The van der Waals surface area contributed by atoms with Crippen LogP contribution >= 0.6 is 0 Å². The Morgan fingerprint density at radius 3 is 2.76 bits per heavy atom. The number of fused-ring (bicyclic) bond motifs is 2. The van der Waals surface area contributed by atoms with Crippen LogP contribution in [0.1, 0.15) is 29.9 Å². The normalized spacial score (nSPS) is 24.7. The van der Waals surface area contributed by atoms with Crippen molar-refractivity contribution in [2.75, 3.05) is 12.0 Å². The molecule has 2 aromatic carbocycles. The first-order valence-corrected chi connectivity index (χ1v) is 10.7. The van der Waals surface area contributed by atoms with E-state index in [1.165, 1.54) is 13.3 Å². The molecule has 3 aromatic rings. The van der Waals surface area contributed by atoms with Crippen molar-refractivity contribution in [1.82, 2.24) is 10.3 Å². The Bertz CT molecular complexity index is 1300. The molecule has 2 heterocycles. The lowest BCUT2D eigenvalue weighted by Gasteiger charge is -2.43. The number of amides is 3. The molecule has 4 unspecified atom stereocenters. The van der Waals surface area contributed by atoms with E-state index in [0.717, 1.165) is 15.7 Å². The molecule has 166 valence electrons. The molecule has 1 N–H and O–H groups in total. The molecule has 1 aromatic heterocycles. The zero-order valence-electron chi connectivity index (χ0n) is 17.9. The molecule has 0 radical (unpaired) electrons. The van der Waals surface area contributed by atoms with E-state index in [-0.39, 0.29) is 12.8 Å². The Labute approximate surface area is 189 Å². The second-order valence-electron chi connectivity index (χ2n) is 8.37. The lowest BCUT2D eigenvalue weighted by atomic mass is 9.72. The fraction of sp³-hybridized carbons (Fsp3) is 0.280. The lowest BCUT2D eigenvalue weighted by Crippen LogP contribution is -2.62. The molecule has 1 saturated heterocycles. The summed E-state index contributed by atoms with van der Waals surface area (Å²) in [5, 5.41) is 13.9. The number of aromatic nitrogens is 1. The zero-order valence-corrected chi connectivity index (χ0v) is 17.9. The number of pyridine rings is 1. The number of carbonyl (C=O) groups is 2. The molecule has 0 bridgehead atoms. The summed E-state index contributed by atoms with van der Waals surface area (Å²) in [6, 6.07) is 13.3. The number of methoxy groups -OCH3 is 1. The number of anilines is 1. The van der Waals surface area contributed by atoms with Crippen LogP contribution in [0.3, 0.4) is 0 Å². The minimum absolute atomic E-state index is 0.0504. The molecule has 5 rings (SSSR count). The number of nitrogens with zero attached hydrogens (tertiary/aromatic N) is 3. The fourth-order valence-corrected chi connectivity index (χ4v) is 4.98. The average Bonchev–Trinajstić information content (AvgIpc) is 2.84. The van der Waals surface area contributed by atoms with Crippen LogP contribution in [0.2, 0.25) is 0 Å². The number of nitriles is 1. The van der Waals surface area contributed by atoms with Gasteiger partial charge in [0.05, 0.1) is 36.5 Å². The molecular formula is C25H21FN4O3. The first-order valence-electron chi connectivity index (χ1n) is 10.7. The molecule has 7 nitrogen and oxygen atoms in total. The van der Waals surface area contributed by atoms with Gasteiger partial charge in [-0.1, -0.05) is 24.3 Å². The van der Waals surface area contributed by atoms with Gasteiger partial charge in [-0.15, -0.1) is 0 Å². The van der Waals surface area contributed by atoms with E-state index in [4.69, 9.17) is 4.74 Å². The maximum absolute atomic E-state index is 15.5. The van der Waals surface area contributed by atoms with E-state index < -0.39 is 36.0 Å². The smallest absolute Gasteiger partial charge is 0.329 e. The summed E-state index contributed by atoms with van der Waals surface area (Å²) >= 11 is 0. The molecule has 0 spiro atoms. The molecule has 8 heteroatoms. The number of alkyl halides is 1. The van der Waals surface area contributed by atoms with Gasteiger partial charge in [-0.3, -0.25) is 9.78 Å². The number of rotatable bonds is 3. The predicted octanol–water partition coefficient (Wildman–Crippen LogP) is 4.07. The Morgan fingerprint density at radius 1 is 1.15 bits per heavy atom. The first-order chi connectivity index (χ1) is 16.0. The number of carbonyl (C=O) groups excluding carboxylic acids is 2. The highest BCUT2D eigenvalue weighted by Gasteiger charge is 2.49. The summed E-state index contributed by atoms with van der Waals surface area (Å²) in [5.74, 6) is -1.25. The van der Waals surface area contributed by atoms with Gasteiger partial charge in [0.25, 0.3) is 0 Å². The third-order valence-corrected chi connectivity index (χ3v) is 6.63. The summed E-state index contributed by atoms with van der Waals surface area (Å²) < 4.78 is 20.7. The zero-order chi connectivity index (χ0) is 23.1. The third-order valence-electron chi connectivity index (χ3n) is 6.63. The molecule has 2 aliphatic rings. The molecular weight excluding hydrogens is 423 g/mol. The molecule has 1 saturated carbocycles. The first kappa shape index (κ1) is 20.9. The number of halogens is 1. The summed E-state index contributed by atoms with van der Waals surface area (Å²) in [7, 11) is 1.51. The van der Waals surface area contributed by atoms with Crippen molar-refractivity contribution in [3.63, 3.8) is 0 Å². The van der Waals surface area contributed by atoms with E-state index in [1.807, 2.05) is 24.3 Å². The van der Waals surface area contributed by atoms with Crippen molar-refractivity contribution in [2.24, 2.45) is 5.92 Å². The van der Waals surface area contributed by atoms with Gasteiger partial charge in [0.2, 0.25) is 5.91 Å². The van der Waals surface area contributed by atoms with Crippen LogP contribution in [0, 0.1) is 17.2 Å². The maximum atomic E-state index is 15.5. The SMILES string of the molecule is COc1ccc(C#N)c(C2CC3NC(=O)N(c4cncc5ccccc45)C(=O)C3CC2F)c1. The van der Waals surface area contributed by atoms with Crippen LogP contribution in [0.5, 0.6) is 5.75 Å². The largest absolute Gasteiger partial charge is 0.497 e. The Kier molecular flexibility index (Phi) is 5.17. The van der Waals surface area contributed by atoms with Gasteiger partial charge in [-0.05, 0) is 36.6 Å². The van der Waals surface area contributed by atoms with Crippen molar-refractivity contribution < 1.29 is 18.7 Å². The van der Waals surface area contributed by atoms with Gasteiger partial charge >= 0.3 is 6.03 Å². The molecule has 4 atom stereocenters. The second-order valence-corrected chi connectivity index (χ2v) is 8.37. The topological polar surface area (TPSA) is 95.3 Å². The van der Waals surface area contributed by atoms with Gasteiger partial charge in [-0.25, -0.2) is 14.1 Å². The highest BCUT2D eigenvalue weighted by Crippen LogP contribution is 2.43. The number of hydrogen-bond acceptors (Lipinski definition) is 5. The Hall–Kier alpha value is -3.99. The number of ether oxygens (including phenoxy) is 1. The van der Waals surface area contributed by atoms with Crippen molar-refractivity contribution in [2.45, 2.75) is 31.0 Å². The van der Waals surface area contributed by atoms with E-state index in [1.54, 1.807) is 24.4 Å². The summed E-state index contributed by atoms with van der Waals surface area (Å²) in [6.45, 7) is 0. The predicted molar refractivity (Wildman–Crippen MR) is 120 cm³/mol. The highest BCUT2D eigenvalue weighted by atomic mass is 19.1. The number of imide groups is 1. The van der Waals surface area contributed by atoms with Gasteiger partial charge in [-0.2, -0.15) is 5.26 Å². The van der Waals surface area contributed by atoms with Crippen molar-refractivity contribution in [3.05, 3.63) is 66.0 Å². The van der Waals surface area contributed by atoms with E-state index in [2.05, 4.69) is 16.4 Å². The van der Waals surface area contributed by atoms with E-state index in [0.29, 0.717) is 22.6 Å². The molecule has 33 heavy (non-hydrogen) atoms. The van der Waals surface area contributed by atoms with Crippen LogP contribution in [0.25, 0.3) is 10.8 Å². The molecule has 3 amide bonds. The summed E-state index contributed by atoms with van der Waals surface area (Å²) in [6.07, 6.45) is 1.96. The van der Waals surface area contributed by atoms with Crippen molar-refractivity contribution >= 4 is 28.4 Å². The van der Waals surface area contributed by atoms with Crippen molar-refractivity contribution in [3.8, 4) is 11.8 Å². The van der Waals surface area contributed by atoms with Crippen LogP contribution in [-0.4, -0.2) is 36.2 Å². The van der Waals surface area contributed by atoms with E-state index >= 15 is 4.39 Å². The molecule has 1 aliphatic heterocycles. The quantitative estimate of drug-likeness (QED) is 0.657. The Morgan fingerprint density at radius 2 is 1.97 bits per heavy atom. The van der Waals surface area contributed by atoms with Crippen LogP contribution in [-0.2, 0) is 4.79 Å². The van der Waals surface area contributed by atoms with Gasteiger partial charge in [0.1, 0.15) is 11.9 Å². The summed E-state index contributed by atoms with van der Waals surface area (Å²) in [4.78, 5) is 31.7. The minimum atomic E-state index is -1.35. The van der Waals surface area contributed by atoms with E-state index in [9.17, 15) is 14.9 Å².